The molecule has 508 valence electrons. The van der Waals surface area contributed by atoms with E-state index in [-0.39, 0.29) is 31.7 Å². The average molecular weight is 1430 g/mol. The molecule has 0 aliphatic heterocycles. The van der Waals surface area contributed by atoms with Gasteiger partial charge in [0.2, 0.25) is 0 Å². The molecular weight excluding hydrogens is 1320 g/mol. The van der Waals surface area contributed by atoms with Gasteiger partial charge in [0.15, 0.2) is 0 Å². The number of hydrogen-bond acceptors (Lipinski definition) is 8. The maximum Gasteiger partial charge on any atom is 0.0415 e. The van der Waals surface area contributed by atoms with Crippen molar-refractivity contribution in [3.8, 4) is 0 Å². The minimum atomic E-state index is -0.320. The topological polar surface area (TPSA) is 48.1 Å². The largest absolute Gasteiger partial charge is 0.312 e. The molecule has 1 unspecified atom stereocenters. The summed E-state index contributed by atoms with van der Waals surface area (Å²) < 4.78 is 0. The first-order valence-electron chi connectivity index (χ1n) is 36.0. The standard InChI is InChI=1S/C25H32NPS.C21H24NPS.C19H32NPS.C19H20NPS/c1-3-5-16-24(25-18-17-23(4-2)28-25)26-19-20-27(21-12-8-6-9-13-21)22-14-10-7-11-15-22;1-2-20-13-14-21(24-20)17-22-15-16-23(18-9-5-3-6-10-18)19-11-7-4-8-12-19;2*1-3-8-17(9-4-1)21(18-10-5-2-6-11-18)14-13-20-16-19-12-7-15-22-19/h6-15,17-18,24,26H,3-5,16,19-20H2,1-2H3;3-14,22H,2,15-17H2,1H3;7,12,15,17-18,20H,1-6,8-11,13-14,16H2;1-12,15,20H,13-14,16H2. The van der Waals surface area contributed by atoms with Crippen LogP contribution in [0.25, 0.3) is 0 Å². The molecule has 2 saturated carbocycles. The van der Waals surface area contributed by atoms with Crippen LogP contribution in [-0.4, -0.2) is 62.1 Å². The lowest BCUT2D eigenvalue weighted by Crippen LogP contribution is -2.26. The first kappa shape index (κ1) is 75.9. The molecular formula is C84H108N4P4S4. The van der Waals surface area contributed by atoms with E-state index in [4.69, 9.17) is 0 Å². The van der Waals surface area contributed by atoms with Gasteiger partial charge < -0.3 is 21.3 Å². The van der Waals surface area contributed by atoms with E-state index in [9.17, 15) is 0 Å². The highest BCUT2D eigenvalue weighted by Crippen LogP contribution is 2.55. The van der Waals surface area contributed by atoms with Crippen molar-refractivity contribution >= 4 is 109 Å². The highest BCUT2D eigenvalue weighted by molar-refractivity contribution is 7.73. The summed E-state index contributed by atoms with van der Waals surface area (Å²) >= 11 is 7.61. The molecule has 10 aromatic rings. The van der Waals surface area contributed by atoms with E-state index in [1.54, 1.807) is 25.7 Å². The fraction of sp³-hybridized carbons (Fsp3) is 0.381. The maximum absolute atomic E-state index is 3.90. The SMILES string of the molecule is CCCCC(NCCP(c1ccccc1)c1ccccc1)c1ccc(CC)s1.CCc1ccc(CNCCP(c2ccccc2)c2ccccc2)s1.c1ccc(P(CCNCc2cccs2)c2ccccc2)cc1.c1csc(CNCCP(C2CCCCC2)C2CCCCC2)c1. The van der Waals surface area contributed by atoms with E-state index in [2.05, 4.69) is 283 Å². The van der Waals surface area contributed by atoms with Crippen molar-refractivity contribution < 1.29 is 0 Å². The van der Waals surface area contributed by atoms with Crippen LogP contribution in [0.3, 0.4) is 0 Å². The molecule has 4 heterocycles. The summed E-state index contributed by atoms with van der Waals surface area (Å²) in [4.78, 5) is 8.81. The van der Waals surface area contributed by atoms with Crippen molar-refractivity contribution in [3.05, 3.63) is 271 Å². The molecule has 2 aliphatic rings. The van der Waals surface area contributed by atoms with Crippen molar-refractivity contribution in [3.63, 3.8) is 0 Å². The number of thiophene rings is 4. The number of unbranched alkanes of at least 4 members (excludes halogenated alkanes) is 1. The Morgan fingerprint density at radius 2 is 0.708 bits per heavy atom. The minimum Gasteiger partial charge on any atom is -0.312 e. The van der Waals surface area contributed by atoms with Gasteiger partial charge in [-0.3, -0.25) is 0 Å². The third-order valence-corrected chi connectivity index (χ3v) is 33.7. The Bertz CT molecular complexity index is 3350. The Morgan fingerprint density at radius 3 is 1.06 bits per heavy atom. The molecule has 0 amide bonds. The third-order valence-electron chi connectivity index (χ3n) is 18.1. The van der Waals surface area contributed by atoms with E-state index >= 15 is 0 Å². The van der Waals surface area contributed by atoms with E-state index in [1.807, 2.05) is 45.3 Å². The zero-order chi connectivity index (χ0) is 66.3. The monoisotopic (exact) mass is 1420 g/mol. The van der Waals surface area contributed by atoms with Crippen molar-refractivity contribution in [2.24, 2.45) is 0 Å². The maximum atomic E-state index is 3.90. The number of rotatable bonds is 33. The molecule has 6 aromatic carbocycles. The molecule has 0 spiro atoms. The molecule has 4 nitrogen and oxygen atoms in total. The molecule has 0 bridgehead atoms. The molecule has 12 heteroatoms. The van der Waals surface area contributed by atoms with Crippen LogP contribution in [0.5, 0.6) is 0 Å². The predicted octanol–water partition coefficient (Wildman–Crippen LogP) is 20.8. The highest BCUT2D eigenvalue weighted by atomic mass is 32.1. The highest BCUT2D eigenvalue weighted by Gasteiger charge is 2.30. The Labute approximate surface area is 600 Å². The molecule has 0 radical (unpaired) electrons. The van der Waals surface area contributed by atoms with Crippen molar-refractivity contribution in [1.82, 2.24) is 21.3 Å². The van der Waals surface area contributed by atoms with Crippen LogP contribution in [0.15, 0.2) is 241 Å². The Balaban J connectivity index is 0.000000151. The Morgan fingerprint density at radius 1 is 0.354 bits per heavy atom. The van der Waals surface area contributed by atoms with Crippen LogP contribution >= 0.6 is 77.0 Å². The zero-order valence-electron chi connectivity index (χ0n) is 57.6. The molecule has 0 saturated heterocycles. The lowest BCUT2D eigenvalue weighted by molar-refractivity contribution is 0.483. The summed E-state index contributed by atoms with van der Waals surface area (Å²) in [6, 6.07) is 84.1. The van der Waals surface area contributed by atoms with Gasteiger partial charge in [-0.1, -0.05) is 274 Å². The lowest BCUT2D eigenvalue weighted by Gasteiger charge is -2.38. The fourth-order valence-corrected chi connectivity index (χ4v) is 26.9. The number of aryl methyl sites for hydroxylation is 2. The predicted molar refractivity (Wildman–Crippen MR) is 439 cm³/mol. The van der Waals surface area contributed by atoms with E-state index in [0.29, 0.717) is 6.04 Å². The van der Waals surface area contributed by atoms with Gasteiger partial charge in [0.25, 0.3) is 0 Å². The second-order valence-corrected chi connectivity index (χ2v) is 39.5. The van der Waals surface area contributed by atoms with Crippen molar-refractivity contribution in [2.75, 3.05) is 50.8 Å². The van der Waals surface area contributed by atoms with Crippen LogP contribution < -0.4 is 53.1 Å². The van der Waals surface area contributed by atoms with Gasteiger partial charge in [0, 0.05) is 74.6 Å². The average Bonchev–Trinajstić information content (AvgIpc) is 2.06. The van der Waals surface area contributed by atoms with Crippen LogP contribution in [0.1, 0.15) is 140 Å². The van der Waals surface area contributed by atoms with Crippen molar-refractivity contribution in [1.29, 1.82) is 0 Å². The summed E-state index contributed by atoms with van der Waals surface area (Å²) in [5, 5.41) is 28.0. The van der Waals surface area contributed by atoms with Crippen LogP contribution in [0, 0.1) is 0 Å². The van der Waals surface area contributed by atoms with Gasteiger partial charge in [-0.05, 0) is 190 Å². The number of hydrogen-bond donors (Lipinski definition) is 4. The van der Waals surface area contributed by atoms with Crippen LogP contribution in [0.2, 0.25) is 0 Å². The zero-order valence-corrected chi connectivity index (χ0v) is 64.5. The number of benzene rings is 6. The summed E-state index contributed by atoms with van der Waals surface area (Å²) in [7, 11) is -0.613. The second-order valence-electron chi connectivity index (χ2n) is 25.0. The third kappa shape index (κ3) is 26.6. The summed E-state index contributed by atoms with van der Waals surface area (Å²) in [5.41, 5.74) is 2.21. The summed E-state index contributed by atoms with van der Waals surface area (Å²) in [6.07, 6.45) is 26.3. The van der Waals surface area contributed by atoms with Gasteiger partial charge in [0.05, 0.1) is 0 Å². The van der Waals surface area contributed by atoms with E-state index in [1.165, 1.54) is 150 Å². The Kier molecular flexibility index (Phi) is 35.9. The molecule has 12 rings (SSSR count). The lowest BCUT2D eigenvalue weighted by atomic mass is 9.99. The van der Waals surface area contributed by atoms with E-state index < -0.39 is 0 Å². The van der Waals surface area contributed by atoms with Crippen LogP contribution in [-0.2, 0) is 32.5 Å². The second kappa shape index (κ2) is 45.4. The molecule has 2 aliphatic carbocycles. The first-order valence-corrected chi connectivity index (χ1v) is 45.6. The molecule has 96 heavy (non-hydrogen) atoms. The van der Waals surface area contributed by atoms with Crippen LogP contribution in [0.4, 0.5) is 0 Å². The molecule has 1 atom stereocenters. The van der Waals surface area contributed by atoms with Crippen molar-refractivity contribution in [2.45, 2.75) is 154 Å². The Hall–Kier alpha value is -4.32. The molecule has 4 aromatic heterocycles. The van der Waals surface area contributed by atoms with Gasteiger partial charge in [-0.25, -0.2) is 0 Å². The number of nitrogens with one attached hydrogen (secondary N) is 4. The van der Waals surface area contributed by atoms with Gasteiger partial charge >= 0.3 is 0 Å². The van der Waals surface area contributed by atoms with Gasteiger partial charge in [-0.2, -0.15) is 0 Å². The van der Waals surface area contributed by atoms with E-state index in [0.717, 1.165) is 63.4 Å². The molecule has 4 N–H and O–H groups in total. The molecule has 2 fully saturated rings. The van der Waals surface area contributed by atoms with Gasteiger partial charge in [-0.15, -0.1) is 45.3 Å². The fourth-order valence-electron chi connectivity index (χ4n) is 13.0. The first-order chi connectivity index (χ1) is 47.5. The van der Waals surface area contributed by atoms with Gasteiger partial charge in [0.1, 0.15) is 0 Å². The minimum absolute atomic E-state index is 0.275. The smallest absolute Gasteiger partial charge is 0.0415 e. The normalized spacial score (nSPS) is 13.8. The quantitative estimate of drug-likeness (QED) is 0.0245. The summed E-state index contributed by atoms with van der Waals surface area (Å²) in [5.74, 6) is 0. The summed E-state index contributed by atoms with van der Waals surface area (Å²) in [6.45, 7) is 14.2.